The Labute approximate surface area is 169 Å². The zero-order valence-electron chi connectivity index (χ0n) is 15.5. The molecule has 0 unspecified atom stereocenters. The molecule has 0 N–H and O–H groups in total. The third kappa shape index (κ3) is 5.55. The van der Waals surface area contributed by atoms with Crippen LogP contribution in [0.3, 0.4) is 0 Å². The molecule has 3 rings (SSSR count). The molecular weight excluding hydrogens is 360 g/mol. The summed E-state index contributed by atoms with van der Waals surface area (Å²) in [5, 5.41) is 0. The maximum Gasteiger partial charge on any atom is 0.423 e. The van der Waals surface area contributed by atoms with Crippen LogP contribution in [0.5, 0.6) is 0 Å². The van der Waals surface area contributed by atoms with Crippen molar-refractivity contribution >= 4 is 11.7 Å². The van der Waals surface area contributed by atoms with Crippen LogP contribution in [0.2, 0.25) is 0 Å². The van der Waals surface area contributed by atoms with Gasteiger partial charge in [-0.25, -0.2) is 4.79 Å². The molecule has 0 saturated heterocycles. The van der Waals surface area contributed by atoms with E-state index in [1.807, 2.05) is 60.7 Å². The highest BCUT2D eigenvalue weighted by molar-refractivity contribution is 6.41. The van der Waals surface area contributed by atoms with Crippen molar-refractivity contribution in [2.24, 2.45) is 0 Å². The van der Waals surface area contributed by atoms with Crippen LogP contribution in [0.25, 0.3) is 5.53 Å². The van der Waals surface area contributed by atoms with Crippen molar-refractivity contribution in [2.75, 3.05) is 6.61 Å². The molecular formula is C25H16N2O2. The first-order valence-corrected chi connectivity index (χ1v) is 8.87. The van der Waals surface area contributed by atoms with Crippen molar-refractivity contribution in [3.8, 4) is 23.7 Å². The SMILES string of the molecule is [N-]=[N+]=C(C(=O)OCC#Cc1ccccc1)c1ccccc1C#Cc1ccccc1. The lowest BCUT2D eigenvalue weighted by molar-refractivity contribution is -0.138. The second kappa shape index (κ2) is 10.1. The van der Waals surface area contributed by atoms with Gasteiger partial charge in [-0.05, 0) is 36.4 Å². The molecule has 4 heteroatoms. The molecule has 3 aromatic rings. The Hall–Kier alpha value is -4.37. The minimum absolute atomic E-state index is 0.120. The largest absolute Gasteiger partial charge is 0.444 e. The Balaban J connectivity index is 1.75. The maximum atomic E-state index is 12.4. The van der Waals surface area contributed by atoms with Crippen molar-refractivity contribution in [1.82, 2.24) is 0 Å². The normalized spacial score (nSPS) is 9.10. The van der Waals surface area contributed by atoms with Crippen molar-refractivity contribution in [3.05, 3.63) is 113 Å². The van der Waals surface area contributed by atoms with Crippen molar-refractivity contribution < 1.29 is 14.3 Å². The zero-order chi connectivity index (χ0) is 20.3. The fraction of sp³-hybridized carbons (Fsp3) is 0.0400. The molecule has 0 saturated carbocycles. The standard InChI is InChI=1S/C25H16N2O2/c26-27-24(25(28)29-19-9-14-20-10-3-1-4-11-20)23-16-8-7-15-22(23)18-17-21-12-5-2-6-13-21/h1-8,10-13,15-16H,19H2. The highest BCUT2D eigenvalue weighted by atomic mass is 16.5. The number of carbonyl (C=O) groups is 1. The molecule has 0 heterocycles. The molecule has 0 bridgehead atoms. The van der Waals surface area contributed by atoms with Gasteiger partial charge >= 0.3 is 11.7 Å². The van der Waals surface area contributed by atoms with Crippen LogP contribution in [-0.4, -0.2) is 23.1 Å². The summed E-state index contributed by atoms with van der Waals surface area (Å²) in [6, 6.07) is 25.8. The first-order valence-electron chi connectivity index (χ1n) is 8.87. The molecule has 0 atom stereocenters. The number of carbonyl (C=O) groups excluding carboxylic acids is 1. The van der Waals surface area contributed by atoms with Crippen LogP contribution in [0.1, 0.15) is 22.3 Å². The summed E-state index contributed by atoms with van der Waals surface area (Å²) in [5.74, 6) is 10.9. The van der Waals surface area contributed by atoms with Gasteiger partial charge in [0.1, 0.15) is 0 Å². The van der Waals surface area contributed by atoms with Gasteiger partial charge in [0.2, 0.25) is 0 Å². The fourth-order valence-electron chi connectivity index (χ4n) is 2.49. The Kier molecular flexibility index (Phi) is 6.75. The molecule has 0 aliphatic rings. The van der Waals surface area contributed by atoms with Crippen LogP contribution in [0.4, 0.5) is 0 Å². The number of hydrogen-bond acceptors (Lipinski definition) is 2. The third-order valence-electron chi connectivity index (χ3n) is 3.87. The summed E-state index contributed by atoms with van der Waals surface area (Å²) in [7, 11) is 0. The van der Waals surface area contributed by atoms with E-state index >= 15 is 0 Å². The second-order valence-electron chi connectivity index (χ2n) is 5.85. The van der Waals surface area contributed by atoms with Crippen LogP contribution < -0.4 is 0 Å². The monoisotopic (exact) mass is 376 g/mol. The van der Waals surface area contributed by atoms with Crippen LogP contribution in [-0.2, 0) is 9.53 Å². The van der Waals surface area contributed by atoms with E-state index in [0.29, 0.717) is 11.1 Å². The predicted molar refractivity (Wildman–Crippen MR) is 111 cm³/mol. The van der Waals surface area contributed by atoms with Gasteiger partial charge in [-0.3, -0.25) is 0 Å². The highest BCUT2D eigenvalue weighted by Gasteiger charge is 2.26. The molecule has 3 aromatic carbocycles. The first kappa shape index (κ1) is 19.4. The topological polar surface area (TPSA) is 62.7 Å². The molecule has 0 amide bonds. The fourth-order valence-corrected chi connectivity index (χ4v) is 2.49. The smallest absolute Gasteiger partial charge is 0.423 e. The van der Waals surface area contributed by atoms with Crippen molar-refractivity contribution in [3.63, 3.8) is 0 Å². The van der Waals surface area contributed by atoms with Crippen LogP contribution in [0, 0.1) is 23.7 Å². The number of hydrogen-bond donors (Lipinski definition) is 0. The Morgan fingerprint density at radius 1 is 0.793 bits per heavy atom. The van der Waals surface area contributed by atoms with Crippen molar-refractivity contribution in [1.29, 1.82) is 0 Å². The molecule has 0 spiro atoms. The molecule has 4 nitrogen and oxygen atoms in total. The highest BCUT2D eigenvalue weighted by Crippen LogP contribution is 2.10. The van der Waals surface area contributed by atoms with Crippen molar-refractivity contribution in [2.45, 2.75) is 0 Å². The van der Waals surface area contributed by atoms with E-state index in [1.165, 1.54) is 0 Å². The average molecular weight is 376 g/mol. The quantitative estimate of drug-likeness (QED) is 0.230. The van der Waals surface area contributed by atoms with E-state index < -0.39 is 5.97 Å². The number of nitrogens with zero attached hydrogens (tertiary/aromatic N) is 2. The van der Waals surface area contributed by atoms with Gasteiger partial charge in [0.15, 0.2) is 6.61 Å². The lowest BCUT2D eigenvalue weighted by Gasteiger charge is -2.00. The summed E-state index contributed by atoms with van der Waals surface area (Å²) in [6.45, 7) is -0.120. The predicted octanol–water partition coefficient (Wildman–Crippen LogP) is 3.70. The zero-order valence-corrected chi connectivity index (χ0v) is 15.5. The Morgan fingerprint density at radius 2 is 1.38 bits per heavy atom. The second-order valence-corrected chi connectivity index (χ2v) is 5.85. The van der Waals surface area contributed by atoms with Gasteiger partial charge in [-0.1, -0.05) is 72.2 Å². The molecule has 0 aromatic heterocycles. The van der Waals surface area contributed by atoms with E-state index in [0.717, 1.165) is 11.1 Å². The molecule has 138 valence electrons. The van der Waals surface area contributed by atoms with E-state index in [4.69, 9.17) is 4.74 Å². The Morgan fingerprint density at radius 3 is 2.03 bits per heavy atom. The molecule has 29 heavy (non-hydrogen) atoms. The van der Waals surface area contributed by atoms with Gasteiger partial charge in [-0.15, -0.1) is 0 Å². The van der Waals surface area contributed by atoms with Gasteiger partial charge < -0.3 is 10.3 Å². The average Bonchev–Trinajstić information content (AvgIpc) is 2.78. The summed E-state index contributed by atoms with van der Waals surface area (Å²) in [4.78, 5) is 15.5. The molecule has 0 aliphatic carbocycles. The number of esters is 1. The summed E-state index contributed by atoms with van der Waals surface area (Å²) in [5.41, 5.74) is 11.8. The minimum Gasteiger partial charge on any atom is -0.444 e. The van der Waals surface area contributed by atoms with E-state index in [2.05, 4.69) is 28.5 Å². The number of rotatable bonds is 3. The van der Waals surface area contributed by atoms with E-state index in [1.54, 1.807) is 24.3 Å². The lowest BCUT2D eigenvalue weighted by Crippen LogP contribution is -2.21. The molecule has 0 fully saturated rings. The minimum atomic E-state index is -0.774. The van der Waals surface area contributed by atoms with Gasteiger partial charge in [0.25, 0.3) is 0 Å². The van der Waals surface area contributed by atoms with Crippen LogP contribution >= 0.6 is 0 Å². The summed E-state index contributed by atoms with van der Waals surface area (Å²) in [6.07, 6.45) is 0. The van der Waals surface area contributed by atoms with Crippen LogP contribution in [0.15, 0.2) is 84.9 Å². The lowest BCUT2D eigenvalue weighted by atomic mass is 10.0. The Bertz CT molecular complexity index is 1170. The van der Waals surface area contributed by atoms with Gasteiger partial charge in [0.05, 0.1) is 5.56 Å². The number of ether oxygens (including phenoxy) is 1. The molecule has 0 radical (unpaired) electrons. The first-order chi connectivity index (χ1) is 14.3. The van der Waals surface area contributed by atoms with Gasteiger partial charge in [0, 0.05) is 16.7 Å². The number of benzene rings is 3. The molecule has 0 aliphatic heterocycles. The summed E-state index contributed by atoms with van der Waals surface area (Å²) >= 11 is 0. The summed E-state index contributed by atoms with van der Waals surface area (Å²) < 4.78 is 5.14. The van der Waals surface area contributed by atoms with E-state index in [-0.39, 0.29) is 12.3 Å². The van der Waals surface area contributed by atoms with Gasteiger partial charge in [-0.2, -0.15) is 4.79 Å². The van der Waals surface area contributed by atoms with E-state index in [9.17, 15) is 10.3 Å². The third-order valence-corrected chi connectivity index (χ3v) is 3.87. The maximum absolute atomic E-state index is 12.4.